The van der Waals surface area contributed by atoms with Gasteiger partial charge in [0.1, 0.15) is 17.4 Å². The number of anilines is 1. The van der Waals surface area contributed by atoms with Crippen molar-refractivity contribution in [3.8, 4) is 5.75 Å². The maximum atomic E-state index is 13.6. The van der Waals surface area contributed by atoms with Crippen molar-refractivity contribution in [2.24, 2.45) is 5.14 Å². The molecule has 2 rings (SSSR count). The van der Waals surface area contributed by atoms with E-state index in [1.165, 1.54) is 19.2 Å². The van der Waals surface area contributed by atoms with Crippen LogP contribution in [0.2, 0.25) is 0 Å². The quantitative estimate of drug-likeness (QED) is 0.886. The lowest BCUT2D eigenvalue weighted by Crippen LogP contribution is -2.16. The molecule has 0 spiro atoms. The van der Waals surface area contributed by atoms with Crippen molar-refractivity contribution in [3.63, 3.8) is 0 Å². The maximum absolute atomic E-state index is 13.6. The van der Waals surface area contributed by atoms with E-state index in [2.05, 4.69) is 5.32 Å². The molecule has 0 unspecified atom stereocenters. The molecule has 0 heterocycles. The molecule has 0 atom stereocenters. The fourth-order valence-corrected chi connectivity index (χ4v) is 2.36. The van der Waals surface area contributed by atoms with Crippen LogP contribution in [-0.4, -0.2) is 21.4 Å². The molecule has 1 amide bonds. The largest absolute Gasteiger partial charge is 0.495 e. The minimum Gasteiger partial charge on any atom is -0.495 e. The van der Waals surface area contributed by atoms with E-state index < -0.39 is 33.1 Å². The molecule has 122 valence electrons. The van der Waals surface area contributed by atoms with Gasteiger partial charge in [-0.05, 0) is 36.4 Å². The molecular weight excluding hydrogens is 330 g/mol. The second-order valence-corrected chi connectivity index (χ2v) is 6.05. The number of methoxy groups -OCH3 is 1. The molecule has 0 fully saturated rings. The normalized spacial score (nSPS) is 11.1. The maximum Gasteiger partial charge on any atom is 0.258 e. The molecule has 2 aromatic carbocycles. The number of carbonyl (C=O) groups excluding carboxylic acids is 1. The van der Waals surface area contributed by atoms with E-state index in [-0.39, 0.29) is 16.3 Å². The van der Waals surface area contributed by atoms with E-state index in [1.807, 2.05) is 0 Å². The summed E-state index contributed by atoms with van der Waals surface area (Å²) in [4.78, 5) is 11.8. The smallest absolute Gasteiger partial charge is 0.258 e. The Morgan fingerprint density at radius 2 is 1.87 bits per heavy atom. The topological polar surface area (TPSA) is 98.5 Å². The second kappa shape index (κ2) is 6.31. The molecule has 0 bridgehead atoms. The summed E-state index contributed by atoms with van der Waals surface area (Å²) in [6.07, 6.45) is 0. The van der Waals surface area contributed by atoms with Gasteiger partial charge in [0.25, 0.3) is 5.91 Å². The van der Waals surface area contributed by atoms with Gasteiger partial charge < -0.3 is 10.1 Å². The predicted octanol–water partition coefficient (Wildman–Crippen LogP) is 1.87. The van der Waals surface area contributed by atoms with Crippen LogP contribution in [-0.2, 0) is 10.0 Å². The predicted molar refractivity (Wildman–Crippen MR) is 78.7 cm³/mol. The molecule has 0 aliphatic rings. The van der Waals surface area contributed by atoms with Crippen LogP contribution in [0.1, 0.15) is 10.4 Å². The highest BCUT2D eigenvalue weighted by molar-refractivity contribution is 7.89. The van der Waals surface area contributed by atoms with Crippen molar-refractivity contribution in [3.05, 3.63) is 53.6 Å². The molecule has 9 heteroatoms. The molecular formula is C14H12F2N2O4S. The van der Waals surface area contributed by atoms with Crippen LogP contribution in [0.3, 0.4) is 0 Å². The van der Waals surface area contributed by atoms with Gasteiger partial charge in [0.05, 0.1) is 23.3 Å². The summed E-state index contributed by atoms with van der Waals surface area (Å²) in [5.74, 6) is -2.55. The first-order valence-electron chi connectivity index (χ1n) is 6.19. The van der Waals surface area contributed by atoms with Crippen molar-refractivity contribution in [2.75, 3.05) is 12.4 Å². The summed E-state index contributed by atoms with van der Waals surface area (Å²) in [5.41, 5.74) is -0.583. The Kier molecular flexibility index (Phi) is 4.62. The Labute approximate surface area is 130 Å². The van der Waals surface area contributed by atoms with Gasteiger partial charge in [-0.2, -0.15) is 0 Å². The Hall–Kier alpha value is -2.52. The van der Waals surface area contributed by atoms with Crippen molar-refractivity contribution in [2.45, 2.75) is 4.90 Å². The number of nitrogens with one attached hydrogen (secondary N) is 1. The highest BCUT2D eigenvalue weighted by Gasteiger charge is 2.17. The Bertz CT molecular complexity index is 869. The number of amides is 1. The van der Waals surface area contributed by atoms with Gasteiger partial charge in [-0.25, -0.2) is 22.3 Å². The molecule has 0 saturated carbocycles. The van der Waals surface area contributed by atoms with E-state index in [0.717, 1.165) is 24.3 Å². The number of carbonyl (C=O) groups is 1. The standard InChI is InChI=1S/C14H12F2N2O4S/c1-22-13-5-3-9(23(17,20)21)7-12(13)18-14(19)10-6-8(15)2-4-11(10)16/h2-7H,1H3,(H,18,19)(H2,17,20,21). The second-order valence-electron chi connectivity index (χ2n) is 4.49. The molecule has 23 heavy (non-hydrogen) atoms. The lowest BCUT2D eigenvalue weighted by Gasteiger charge is -2.12. The highest BCUT2D eigenvalue weighted by atomic mass is 32.2. The van der Waals surface area contributed by atoms with Gasteiger partial charge in [0, 0.05) is 0 Å². The molecule has 2 aromatic rings. The Balaban J connectivity index is 2.42. The molecule has 3 N–H and O–H groups in total. The number of halogens is 2. The van der Waals surface area contributed by atoms with E-state index >= 15 is 0 Å². The minimum absolute atomic E-state index is 0.0484. The lowest BCUT2D eigenvalue weighted by atomic mass is 10.2. The molecule has 6 nitrogen and oxygen atoms in total. The van der Waals surface area contributed by atoms with Crippen molar-refractivity contribution in [1.29, 1.82) is 0 Å². The summed E-state index contributed by atoms with van der Waals surface area (Å²) in [6, 6.07) is 5.92. The van der Waals surface area contributed by atoms with Crippen LogP contribution in [0.25, 0.3) is 0 Å². The molecule has 0 radical (unpaired) electrons. The van der Waals surface area contributed by atoms with E-state index in [4.69, 9.17) is 9.88 Å². The summed E-state index contributed by atoms with van der Waals surface area (Å²) in [6.45, 7) is 0. The summed E-state index contributed by atoms with van der Waals surface area (Å²) >= 11 is 0. The highest BCUT2D eigenvalue weighted by Crippen LogP contribution is 2.27. The lowest BCUT2D eigenvalue weighted by molar-refractivity contribution is 0.102. The first kappa shape index (κ1) is 16.8. The third-order valence-electron chi connectivity index (χ3n) is 2.92. The minimum atomic E-state index is -4.01. The van der Waals surface area contributed by atoms with E-state index in [0.29, 0.717) is 0 Å². The number of nitrogens with two attached hydrogens (primary N) is 1. The van der Waals surface area contributed by atoms with Crippen LogP contribution in [0.15, 0.2) is 41.3 Å². The number of primary sulfonamides is 1. The van der Waals surface area contributed by atoms with Crippen molar-refractivity contribution in [1.82, 2.24) is 0 Å². The monoisotopic (exact) mass is 342 g/mol. The number of hydrogen-bond donors (Lipinski definition) is 2. The fourth-order valence-electron chi connectivity index (χ4n) is 1.82. The van der Waals surface area contributed by atoms with E-state index in [1.54, 1.807) is 0 Å². The summed E-state index contributed by atoms with van der Waals surface area (Å²) in [5, 5.41) is 7.28. The van der Waals surface area contributed by atoms with Gasteiger partial charge in [-0.3, -0.25) is 4.79 Å². The molecule has 0 aliphatic heterocycles. The fraction of sp³-hybridized carbons (Fsp3) is 0.0714. The summed E-state index contributed by atoms with van der Waals surface area (Å²) in [7, 11) is -2.71. The van der Waals surface area contributed by atoms with Gasteiger partial charge in [-0.1, -0.05) is 0 Å². The zero-order valence-electron chi connectivity index (χ0n) is 11.8. The SMILES string of the molecule is COc1ccc(S(N)(=O)=O)cc1NC(=O)c1cc(F)ccc1F. The number of hydrogen-bond acceptors (Lipinski definition) is 4. The van der Waals surface area contributed by atoms with Crippen LogP contribution in [0, 0.1) is 11.6 Å². The van der Waals surface area contributed by atoms with Crippen LogP contribution < -0.4 is 15.2 Å². The zero-order chi connectivity index (χ0) is 17.2. The van der Waals surface area contributed by atoms with Gasteiger partial charge in [0.2, 0.25) is 10.0 Å². The third-order valence-corrected chi connectivity index (χ3v) is 3.83. The first-order chi connectivity index (χ1) is 10.7. The molecule has 0 aromatic heterocycles. The number of sulfonamides is 1. The van der Waals surface area contributed by atoms with E-state index in [9.17, 15) is 22.0 Å². The number of ether oxygens (including phenoxy) is 1. The van der Waals surface area contributed by atoms with Crippen LogP contribution >= 0.6 is 0 Å². The van der Waals surface area contributed by atoms with Crippen LogP contribution in [0.5, 0.6) is 5.75 Å². The van der Waals surface area contributed by atoms with Gasteiger partial charge in [0.15, 0.2) is 0 Å². The Morgan fingerprint density at radius 1 is 1.17 bits per heavy atom. The molecule has 0 aliphatic carbocycles. The van der Waals surface area contributed by atoms with Crippen molar-refractivity contribution >= 4 is 21.6 Å². The first-order valence-corrected chi connectivity index (χ1v) is 7.74. The average molecular weight is 342 g/mol. The zero-order valence-corrected chi connectivity index (χ0v) is 12.7. The molecule has 0 saturated heterocycles. The number of benzene rings is 2. The third kappa shape index (κ3) is 3.82. The van der Waals surface area contributed by atoms with Crippen LogP contribution in [0.4, 0.5) is 14.5 Å². The average Bonchev–Trinajstić information content (AvgIpc) is 2.48. The number of rotatable bonds is 4. The van der Waals surface area contributed by atoms with Gasteiger partial charge in [-0.15, -0.1) is 0 Å². The summed E-state index contributed by atoms with van der Waals surface area (Å²) < 4.78 is 54.4. The Morgan fingerprint density at radius 3 is 2.48 bits per heavy atom. The van der Waals surface area contributed by atoms with Gasteiger partial charge >= 0.3 is 0 Å². The van der Waals surface area contributed by atoms with Crippen molar-refractivity contribution < 1.29 is 26.7 Å².